The summed E-state index contributed by atoms with van der Waals surface area (Å²) in [5.74, 6) is 1.95. The molecule has 0 aliphatic rings. The number of allylic oxidation sites excluding steroid dienone is 1. The fourth-order valence-corrected chi connectivity index (χ4v) is 6.03. The van der Waals surface area contributed by atoms with Crippen molar-refractivity contribution in [2.45, 2.75) is 181 Å². The Labute approximate surface area is 220 Å². The largest absolute Gasteiger partial charge is 0.351 e. The van der Waals surface area contributed by atoms with Gasteiger partial charge in [0.2, 0.25) is 0 Å². The highest BCUT2D eigenvalue weighted by molar-refractivity contribution is 7.56. The van der Waals surface area contributed by atoms with Gasteiger partial charge in [0.1, 0.15) is 0 Å². The standard InChI is InChI=1S/C31H63O3P/c1-5-9-13-17-21-25-30(24-20-16-12-8-4)28-29-35(32,33)34-31(26-22-18-14-10-6-2)27-23-19-15-11-7-3/h28-31H,5-27H2,1-4H3,(H,32,33)/b29-28+. The molecule has 0 aliphatic heterocycles. The summed E-state index contributed by atoms with van der Waals surface area (Å²) in [6.45, 7) is 8.97. The molecular formula is C31H63O3P. The van der Waals surface area contributed by atoms with Crippen molar-refractivity contribution in [2.75, 3.05) is 0 Å². The van der Waals surface area contributed by atoms with Crippen LogP contribution in [0.2, 0.25) is 0 Å². The average molecular weight is 515 g/mol. The molecule has 0 amide bonds. The molecule has 0 aliphatic carbocycles. The maximum absolute atomic E-state index is 13.0. The van der Waals surface area contributed by atoms with Gasteiger partial charge in [0.25, 0.3) is 0 Å². The monoisotopic (exact) mass is 514 g/mol. The molecule has 0 heterocycles. The fraction of sp³-hybridized carbons (Fsp3) is 0.935. The van der Waals surface area contributed by atoms with Crippen molar-refractivity contribution in [1.82, 2.24) is 0 Å². The van der Waals surface area contributed by atoms with Gasteiger partial charge in [-0.25, -0.2) is 0 Å². The third kappa shape index (κ3) is 24.0. The third-order valence-corrected chi connectivity index (χ3v) is 8.36. The van der Waals surface area contributed by atoms with Crippen LogP contribution in [0.25, 0.3) is 0 Å². The summed E-state index contributed by atoms with van der Waals surface area (Å²) >= 11 is 0. The van der Waals surface area contributed by atoms with E-state index in [1.54, 1.807) is 5.82 Å². The van der Waals surface area contributed by atoms with Gasteiger partial charge in [0, 0.05) is 5.82 Å². The second kappa shape index (κ2) is 25.5. The van der Waals surface area contributed by atoms with Gasteiger partial charge in [0.15, 0.2) is 0 Å². The minimum Gasteiger partial charge on any atom is -0.321 e. The first-order chi connectivity index (χ1) is 17.0. The van der Waals surface area contributed by atoms with E-state index in [-0.39, 0.29) is 6.10 Å². The molecule has 0 aromatic rings. The van der Waals surface area contributed by atoms with E-state index >= 15 is 0 Å². The maximum Gasteiger partial charge on any atom is 0.351 e. The number of rotatable bonds is 27. The third-order valence-electron chi connectivity index (χ3n) is 7.21. The van der Waals surface area contributed by atoms with Gasteiger partial charge in [-0.2, -0.15) is 0 Å². The predicted octanol–water partition coefficient (Wildman–Crippen LogP) is 11.7. The van der Waals surface area contributed by atoms with Crippen LogP contribution in [0.1, 0.15) is 175 Å². The van der Waals surface area contributed by atoms with Gasteiger partial charge in [-0.3, -0.25) is 4.57 Å². The van der Waals surface area contributed by atoms with Crippen molar-refractivity contribution in [1.29, 1.82) is 0 Å². The quantitative estimate of drug-likeness (QED) is 0.0875. The zero-order chi connectivity index (χ0) is 26.0. The summed E-state index contributed by atoms with van der Waals surface area (Å²) in [4.78, 5) is 10.7. The van der Waals surface area contributed by atoms with E-state index in [9.17, 15) is 9.46 Å². The minimum absolute atomic E-state index is 0.0872. The lowest BCUT2D eigenvalue weighted by Crippen LogP contribution is -2.11. The highest BCUT2D eigenvalue weighted by Gasteiger charge is 2.22. The van der Waals surface area contributed by atoms with Gasteiger partial charge in [-0.05, 0) is 31.6 Å². The van der Waals surface area contributed by atoms with E-state index in [1.165, 1.54) is 109 Å². The molecule has 4 heteroatoms. The van der Waals surface area contributed by atoms with Crippen LogP contribution in [0.15, 0.2) is 11.9 Å². The molecule has 0 rings (SSSR count). The molecular weight excluding hydrogens is 451 g/mol. The highest BCUT2D eigenvalue weighted by Crippen LogP contribution is 2.47. The Morgan fingerprint density at radius 2 is 0.914 bits per heavy atom. The average Bonchev–Trinajstić information content (AvgIpc) is 2.83. The Hall–Kier alpha value is -0.110. The van der Waals surface area contributed by atoms with Crippen LogP contribution in [-0.4, -0.2) is 11.0 Å². The van der Waals surface area contributed by atoms with Crippen LogP contribution in [-0.2, 0) is 9.09 Å². The lowest BCUT2D eigenvalue weighted by Gasteiger charge is -2.20. The molecule has 0 fully saturated rings. The Morgan fingerprint density at radius 1 is 0.571 bits per heavy atom. The summed E-state index contributed by atoms with van der Waals surface area (Å²) in [6.07, 6.45) is 29.6. The normalized spacial score (nSPS) is 14.7. The molecule has 210 valence electrons. The van der Waals surface area contributed by atoms with Crippen molar-refractivity contribution in [3.8, 4) is 0 Å². The van der Waals surface area contributed by atoms with Gasteiger partial charge in [-0.15, -0.1) is 0 Å². The molecule has 0 aromatic carbocycles. The first-order valence-electron chi connectivity index (χ1n) is 15.7. The summed E-state index contributed by atoms with van der Waals surface area (Å²) < 4.78 is 19.0. The van der Waals surface area contributed by atoms with Crippen LogP contribution >= 0.6 is 7.60 Å². The lowest BCUT2D eigenvalue weighted by atomic mass is 9.94. The first kappa shape index (κ1) is 34.9. The number of unbranched alkanes of at least 4 members (excludes halogenated alkanes) is 15. The summed E-state index contributed by atoms with van der Waals surface area (Å²) in [7, 11) is -3.70. The molecule has 0 radical (unpaired) electrons. The molecule has 1 N–H and O–H groups in total. The zero-order valence-electron chi connectivity index (χ0n) is 24.3. The van der Waals surface area contributed by atoms with Crippen LogP contribution in [0.3, 0.4) is 0 Å². The second-order valence-corrected chi connectivity index (χ2v) is 12.5. The molecule has 0 saturated carbocycles. The van der Waals surface area contributed by atoms with E-state index in [2.05, 4.69) is 27.7 Å². The molecule has 2 atom stereocenters. The first-order valence-corrected chi connectivity index (χ1v) is 17.3. The molecule has 2 unspecified atom stereocenters. The van der Waals surface area contributed by atoms with E-state index in [4.69, 9.17) is 4.52 Å². The summed E-state index contributed by atoms with van der Waals surface area (Å²) in [5, 5.41) is 0. The maximum atomic E-state index is 13.0. The van der Waals surface area contributed by atoms with Crippen molar-refractivity contribution in [3.63, 3.8) is 0 Å². The summed E-state index contributed by atoms with van der Waals surface area (Å²) in [6, 6.07) is 0. The van der Waals surface area contributed by atoms with Crippen molar-refractivity contribution >= 4 is 7.60 Å². The number of hydrogen-bond donors (Lipinski definition) is 1. The SMILES string of the molecule is CCCCCCCC(/C=C/P(=O)(O)OC(CCCCCCC)CCCCCCC)CCCCCC. The van der Waals surface area contributed by atoms with Crippen LogP contribution in [0.4, 0.5) is 0 Å². The van der Waals surface area contributed by atoms with Crippen molar-refractivity contribution in [2.24, 2.45) is 5.92 Å². The molecule has 0 bridgehead atoms. The molecule has 0 saturated heterocycles. The van der Waals surface area contributed by atoms with Crippen molar-refractivity contribution in [3.05, 3.63) is 11.9 Å². The number of hydrogen-bond acceptors (Lipinski definition) is 2. The highest BCUT2D eigenvalue weighted by atomic mass is 31.2. The van der Waals surface area contributed by atoms with Gasteiger partial charge in [0.05, 0.1) is 6.10 Å². The molecule has 0 aromatic heterocycles. The molecule has 0 spiro atoms. The van der Waals surface area contributed by atoms with Gasteiger partial charge in [-0.1, -0.05) is 156 Å². The van der Waals surface area contributed by atoms with E-state index in [1.807, 2.05) is 6.08 Å². The molecule has 35 heavy (non-hydrogen) atoms. The fourth-order valence-electron chi connectivity index (χ4n) is 4.86. The minimum atomic E-state index is -3.70. The van der Waals surface area contributed by atoms with Gasteiger partial charge >= 0.3 is 7.60 Å². The Bertz CT molecular complexity index is 491. The molecule has 3 nitrogen and oxygen atoms in total. The summed E-state index contributed by atoms with van der Waals surface area (Å²) in [5.41, 5.74) is 0. The Balaban J connectivity index is 4.85. The van der Waals surface area contributed by atoms with E-state index in [0.717, 1.165) is 38.5 Å². The zero-order valence-corrected chi connectivity index (χ0v) is 25.2. The smallest absolute Gasteiger partial charge is 0.321 e. The van der Waals surface area contributed by atoms with Crippen LogP contribution in [0.5, 0.6) is 0 Å². The van der Waals surface area contributed by atoms with E-state index < -0.39 is 7.60 Å². The van der Waals surface area contributed by atoms with E-state index in [0.29, 0.717) is 5.92 Å². The van der Waals surface area contributed by atoms with Crippen LogP contribution in [0, 0.1) is 5.92 Å². The lowest BCUT2D eigenvalue weighted by molar-refractivity contribution is 0.154. The Kier molecular flexibility index (Phi) is 25.5. The predicted molar refractivity (Wildman–Crippen MR) is 156 cm³/mol. The van der Waals surface area contributed by atoms with Gasteiger partial charge < -0.3 is 9.42 Å². The van der Waals surface area contributed by atoms with Crippen LogP contribution < -0.4 is 0 Å². The van der Waals surface area contributed by atoms with Crippen molar-refractivity contribution < 1.29 is 14.0 Å². The second-order valence-electron chi connectivity index (χ2n) is 10.9. The topological polar surface area (TPSA) is 46.5 Å². The Morgan fingerprint density at radius 3 is 1.31 bits per heavy atom.